The van der Waals surface area contributed by atoms with E-state index in [-0.39, 0.29) is 6.10 Å². The largest absolute Gasteiger partial charge is 0.487 e. The van der Waals surface area contributed by atoms with Gasteiger partial charge in [-0.3, -0.25) is 0 Å². The Kier molecular flexibility index (Phi) is 6.55. The molecule has 0 aliphatic rings. The number of hydrogen-bond donors (Lipinski definition) is 1. The summed E-state index contributed by atoms with van der Waals surface area (Å²) in [6.45, 7) is 5.58. The van der Waals surface area contributed by atoms with Crippen molar-refractivity contribution in [3.63, 3.8) is 0 Å². The lowest BCUT2D eigenvalue weighted by Gasteiger charge is -2.20. The third-order valence-corrected chi connectivity index (χ3v) is 2.70. The van der Waals surface area contributed by atoms with Crippen molar-refractivity contribution in [2.75, 3.05) is 20.3 Å². The minimum Gasteiger partial charge on any atom is -0.487 e. The Morgan fingerprint density at radius 2 is 2.12 bits per heavy atom. The number of benzene rings is 1. The van der Waals surface area contributed by atoms with Crippen LogP contribution < -0.4 is 10.1 Å². The van der Waals surface area contributed by atoms with E-state index in [2.05, 4.69) is 35.1 Å². The first-order valence-corrected chi connectivity index (χ1v) is 6.55. The number of rotatable bonds is 7. The van der Waals surface area contributed by atoms with Gasteiger partial charge in [0.25, 0.3) is 0 Å². The number of hydrogen-bond acceptors (Lipinski definition) is 3. The van der Waals surface area contributed by atoms with Gasteiger partial charge in [-0.25, -0.2) is 0 Å². The average molecular weight is 302 g/mol. The van der Waals surface area contributed by atoms with Crippen molar-refractivity contribution in [1.29, 1.82) is 0 Å². The van der Waals surface area contributed by atoms with Crippen LogP contribution in [0.3, 0.4) is 0 Å². The second-order valence-corrected chi connectivity index (χ2v) is 5.13. The van der Waals surface area contributed by atoms with E-state index in [0.717, 1.165) is 16.8 Å². The Hall–Kier alpha value is -0.580. The first-order chi connectivity index (χ1) is 8.11. The van der Waals surface area contributed by atoms with Crippen LogP contribution in [0.2, 0.25) is 0 Å². The van der Waals surface area contributed by atoms with E-state index in [1.54, 1.807) is 7.11 Å². The lowest BCUT2D eigenvalue weighted by molar-refractivity contribution is 0.0794. The van der Waals surface area contributed by atoms with Gasteiger partial charge in [0.2, 0.25) is 0 Å². The molecule has 4 heteroatoms. The summed E-state index contributed by atoms with van der Waals surface area (Å²) in [6, 6.07) is 8.28. The van der Waals surface area contributed by atoms with Gasteiger partial charge in [0.1, 0.15) is 11.9 Å². The highest BCUT2D eigenvalue weighted by molar-refractivity contribution is 9.10. The summed E-state index contributed by atoms with van der Waals surface area (Å²) < 4.78 is 12.0. The molecule has 0 aliphatic heterocycles. The minimum atomic E-state index is 0.0247. The molecule has 0 amide bonds. The van der Waals surface area contributed by atoms with Gasteiger partial charge < -0.3 is 14.8 Å². The molecule has 0 radical (unpaired) electrons. The maximum atomic E-state index is 5.87. The molecule has 1 aromatic rings. The average Bonchev–Trinajstić information content (AvgIpc) is 2.26. The van der Waals surface area contributed by atoms with Crippen molar-refractivity contribution in [3.05, 3.63) is 28.7 Å². The second kappa shape index (κ2) is 7.69. The van der Waals surface area contributed by atoms with E-state index in [0.29, 0.717) is 12.6 Å². The summed E-state index contributed by atoms with van der Waals surface area (Å²) in [5.41, 5.74) is 0. The van der Waals surface area contributed by atoms with Crippen LogP contribution in [0.5, 0.6) is 5.75 Å². The first kappa shape index (κ1) is 14.5. The molecular weight excluding hydrogens is 282 g/mol. The summed E-state index contributed by atoms with van der Waals surface area (Å²) in [5.74, 6) is 0.854. The lowest BCUT2D eigenvalue weighted by Crippen LogP contribution is -2.38. The van der Waals surface area contributed by atoms with Crippen molar-refractivity contribution in [2.45, 2.75) is 26.0 Å². The molecular formula is C13H20BrNO2. The Morgan fingerprint density at radius 3 is 2.71 bits per heavy atom. The highest BCUT2D eigenvalue weighted by atomic mass is 79.9. The fourth-order valence-corrected chi connectivity index (χ4v) is 1.80. The summed E-state index contributed by atoms with van der Waals surface area (Å²) in [6.07, 6.45) is 0.0247. The third-order valence-electron chi connectivity index (χ3n) is 2.21. The second-order valence-electron chi connectivity index (χ2n) is 4.22. The summed E-state index contributed by atoms with van der Waals surface area (Å²) in [5, 5.41) is 3.35. The van der Waals surface area contributed by atoms with Crippen LogP contribution in [0.15, 0.2) is 28.7 Å². The molecule has 0 fully saturated rings. The molecule has 0 bridgehead atoms. The van der Waals surface area contributed by atoms with Crippen molar-refractivity contribution in [1.82, 2.24) is 5.32 Å². The van der Waals surface area contributed by atoms with E-state index in [4.69, 9.17) is 9.47 Å². The number of methoxy groups -OCH3 is 1. The molecule has 0 aliphatic carbocycles. The zero-order chi connectivity index (χ0) is 12.7. The molecule has 0 saturated carbocycles. The van der Waals surface area contributed by atoms with E-state index < -0.39 is 0 Å². The normalized spacial score (nSPS) is 12.8. The molecule has 1 N–H and O–H groups in total. The predicted octanol–water partition coefficient (Wildman–Crippen LogP) is 2.84. The molecule has 0 aromatic heterocycles. The molecule has 0 heterocycles. The van der Waals surface area contributed by atoms with E-state index >= 15 is 0 Å². The molecule has 96 valence electrons. The van der Waals surface area contributed by atoms with E-state index in [9.17, 15) is 0 Å². The van der Waals surface area contributed by atoms with Crippen LogP contribution in [-0.2, 0) is 4.74 Å². The van der Waals surface area contributed by atoms with Gasteiger partial charge in [0, 0.05) is 24.2 Å². The Bertz CT molecular complexity index is 331. The maximum Gasteiger partial charge on any atom is 0.134 e. The van der Waals surface area contributed by atoms with Crippen molar-refractivity contribution >= 4 is 15.9 Å². The van der Waals surface area contributed by atoms with Crippen LogP contribution in [-0.4, -0.2) is 32.4 Å². The van der Waals surface area contributed by atoms with Gasteiger partial charge in [-0.2, -0.15) is 0 Å². The summed E-state index contributed by atoms with van der Waals surface area (Å²) in [7, 11) is 1.69. The topological polar surface area (TPSA) is 30.5 Å². The van der Waals surface area contributed by atoms with Crippen LogP contribution in [0, 0.1) is 0 Å². The number of nitrogens with one attached hydrogen (secondary N) is 1. The molecule has 1 atom stereocenters. The summed E-state index contributed by atoms with van der Waals surface area (Å²) >= 11 is 3.43. The molecule has 17 heavy (non-hydrogen) atoms. The van der Waals surface area contributed by atoms with Crippen LogP contribution in [0.4, 0.5) is 0 Å². The highest BCUT2D eigenvalue weighted by Crippen LogP contribution is 2.18. The fraction of sp³-hybridized carbons (Fsp3) is 0.538. The van der Waals surface area contributed by atoms with Crippen molar-refractivity contribution in [3.8, 4) is 5.75 Å². The van der Waals surface area contributed by atoms with Crippen molar-refractivity contribution < 1.29 is 9.47 Å². The Morgan fingerprint density at radius 1 is 1.35 bits per heavy atom. The summed E-state index contributed by atoms with van der Waals surface area (Å²) in [4.78, 5) is 0. The Balaban J connectivity index is 2.53. The van der Waals surface area contributed by atoms with Crippen LogP contribution >= 0.6 is 15.9 Å². The first-order valence-electron chi connectivity index (χ1n) is 5.76. The zero-order valence-corrected chi connectivity index (χ0v) is 12.2. The monoisotopic (exact) mass is 301 g/mol. The molecule has 0 saturated heterocycles. The van der Waals surface area contributed by atoms with Gasteiger partial charge >= 0.3 is 0 Å². The lowest BCUT2D eigenvalue weighted by atomic mass is 10.3. The molecule has 3 nitrogen and oxygen atoms in total. The fourth-order valence-electron chi connectivity index (χ4n) is 1.42. The Labute approximate surface area is 112 Å². The molecule has 1 aromatic carbocycles. The zero-order valence-electron chi connectivity index (χ0n) is 10.6. The number of halogens is 1. The quantitative estimate of drug-likeness (QED) is 0.840. The maximum absolute atomic E-state index is 5.87. The van der Waals surface area contributed by atoms with E-state index in [1.807, 2.05) is 24.3 Å². The minimum absolute atomic E-state index is 0.0247. The standard InChI is InChI=1S/C13H20BrNO2/c1-10(2)15-8-13(9-16-3)17-12-6-4-5-11(14)7-12/h4-7,10,13,15H,8-9H2,1-3H3. The van der Waals surface area contributed by atoms with Gasteiger partial charge in [0.15, 0.2) is 0 Å². The molecule has 1 rings (SSSR count). The van der Waals surface area contributed by atoms with Gasteiger partial charge in [-0.05, 0) is 18.2 Å². The number of ether oxygens (including phenoxy) is 2. The smallest absolute Gasteiger partial charge is 0.134 e. The van der Waals surface area contributed by atoms with E-state index in [1.165, 1.54) is 0 Å². The predicted molar refractivity (Wildman–Crippen MR) is 73.6 cm³/mol. The van der Waals surface area contributed by atoms with Gasteiger partial charge in [-0.15, -0.1) is 0 Å². The highest BCUT2D eigenvalue weighted by Gasteiger charge is 2.10. The van der Waals surface area contributed by atoms with Crippen LogP contribution in [0.25, 0.3) is 0 Å². The molecule has 1 unspecified atom stereocenters. The SMILES string of the molecule is COCC(CNC(C)C)Oc1cccc(Br)c1. The van der Waals surface area contributed by atoms with Crippen LogP contribution in [0.1, 0.15) is 13.8 Å². The molecule has 0 spiro atoms. The third kappa shape index (κ3) is 6.05. The van der Waals surface area contributed by atoms with Gasteiger partial charge in [0.05, 0.1) is 6.61 Å². The van der Waals surface area contributed by atoms with Gasteiger partial charge in [-0.1, -0.05) is 35.8 Å². The van der Waals surface area contributed by atoms with Crippen molar-refractivity contribution in [2.24, 2.45) is 0 Å².